The summed E-state index contributed by atoms with van der Waals surface area (Å²) in [5.41, 5.74) is 1.06. The van der Waals surface area contributed by atoms with Gasteiger partial charge >= 0.3 is 11.6 Å². The Morgan fingerprint density at radius 3 is 2.52 bits per heavy atom. The third-order valence-corrected chi connectivity index (χ3v) is 5.50. The first kappa shape index (κ1) is 20.7. The fourth-order valence-electron chi connectivity index (χ4n) is 2.94. The lowest BCUT2D eigenvalue weighted by Crippen LogP contribution is -2.08. The van der Waals surface area contributed by atoms with E-state index in [0.717, 1.165) is 10.5 Å². The monoisotopic (exact) mass is 410 g/mol. The standard InChI is InChI=1S/C23H22O5S/c1-4-27-22(25)17-11-6-5-10-16(17)19-13-18(24)21(23(26)28-19)29-20-12-8-7-9-15(20)14(2)3/h5-14,24H,4H2,1-3H3. The van der Waals surface area contributed by atoms with Crippen molar-refractivity contribution in [2.75, 3.05) is 6.61 Å². The SMILES string of the molecule is CCOC(=O)c1ccccc1-c1cc(O)c(Sc2ccccc2C(C)C)c(=O)o1. The molecule has 1 aromatic heterocycles. The molecule has 150 valence electrons. The predicted octanol–water partition coefficient (Wildman–Crippen LogP) is 5.46. The van der Waals surface area contributed by atoms with Crippen LogP contribution in [0.2, 0.25) is 0 Å². The van der Waals surface area contributed by atoms with E-state index in [1.807, 2.05) is 24.3 Å². The molecule has 0 saturated carbocycles. The number of benzene rings is 2. The van der Waals surface area contributed by atoms with Gasteiger partial charge < -0.3 is 14.3 Å². The van der Waals surface area contributed by atoms with Crippen molar-refractivity contribution >= 4 is 17.7 Å². The molecule has 6 heteroatoms. The number of ether oxygens (including phenoxy) is 1. The van der Waals surface area contributed by atoms with Gasteiger partial charge in [0.05, 0.1) is 12.2 Å². The highest BCUT2D eigenvalue weighted by Crippen LogP contribution is 2.38. The Morgan fingerprint density at radius 1 is 1.14 bits per heavy atom. The maximum absolute atomic E-state index is 12.7. The molecule has 1 N–H and O–H groups in total. The van der Waals surface area contributed by atoms with Crippen LogP contribution in [-0.2, 0) is 4.74 Å². The van der Waals surface area contributed by atoms with Crippen molar-refractivity contribution in [3.63, 3.8) is 0 Å². The topological polar surface area (TPSA) is 76.7 Å². The van der Waals surface area contributed by atoms with Gasteiger partial charge in [0.15, 0.2) is 0 Å². The normalized spacial score (nSPS) is 10.9. The first-order valence-corrected chi connectivity index (χ1v) is 10.1. The number of aromatic hydroxyl groups is 1. The molecular weight excluding hydrogens is 388 g/mol. The maximum Gasteiger partial charge on any atom is 0.354 e. The zero-order valence-corrected chi connectivity index (χ0v) is 17.3. The van der Waals surface area contributed by atoms with Gasteiger partial charge in [-0.1, -0.05) is 62.0 Å². The Hall–Kier alpha value is -2.99. The summed E-state index contributed by atoms with van der Waals surface area (Å²) in [5.74, 6) is -0.339. The Bertz CT molecular complexity index is 1080. The smallest absolute Gasteiger partial charge is 0.354 e. The van der Waals surface area contributed by atoms with E-state index in [2.05, 4.69) is 13.8 Å². The van der Waals surface area contributed by atoms with Gasteiger partial charge in [0.1, 0.15) is 16.4 Å². The van der Waals surface area contributed by atoms with Crippen LogP contribution < -0.4 is 5.63 Å². The number of esters is 1. The lowest BCUT2D eigenvalue weighted by molar-refractivity contribution is 0.0527. The Labute approximate surface area is 173 Å². The summed E-state index contributed by atoms with van der Waals surface area (Å²) in [6.07, 6.45) is 0. The summed E-state index contributed by atoms with van der Waals surface area (Å²) in [4.78, 5) is 25.9. The van der Waals surface area contributed by atoms with E-state index in [4.69, 9.17) is 9.15 Å². The van der Waals surface area contributed by atoms with Gasteiger partial charge in [-0.05, 0) is 30.5 Å². The van der Waals surface area contributed by atoms with Gasteiger partial charge in [0.2, 0.25) is 0 Å². The van der Waals surface area contributed by atoms with E-state index in [0.29, 0.717) is 5.56 Å². The quantitative estimate of drug-likeness (QED) is 0.544. The van der Waals surface area contributed by atoms with Crippen LogP contribution in [0.1, 0.15) is 42.6 Å². The zero-order valence-electron chi connectivity index (χ0n) is 16.5. The van der Waals surface area contributed by atoms with E-state index < -0.39 is 11.6 Å². The zero-order chi connectivity index (χ0) is 21.0. The van der Waals surface area contributed by atoms with Crippen molar-refractivity contribution in [3.8, 4) is 17.1 Å². The van der Waals surface area contributed by atoms with Crippen molar-refractivity contribution < 1.29 is 19.1 Å². The molecule has 0 atom stereocenters. The van der Waals surface area contributed by atoms with E-state index in [1.165, 1.54) is 17.8 Å². The second kappa shape index (κ2) is 9.01. The molecule has 0 bridgehead atoms. The Balaban J connectivity index is 2.03. The molecule has 0 unspecified atom stereocenters. The van der Waals surface area contributed by atoms with Crippen LogP contribution in [0.5, 0.6) is 5.75 Å². The molecule has 0 amide bonds. The van der Waals surface area contributed by atoms with Gasteiger partial charge in [-0.15, -0.1) is 0 Å². The average Bonchev–Trinajstić information content (AvgIpc) is 2.71. The van der Waals surface area contributed by atoms with Crippen molar-refractivity contribution in [3.05, 3.63) is 76.1 Å². The lowest BCUT2D eigenvalue weighted by atomic mass is 10.0. The third-order valence-electron chi connectivity index (χ3n) is 4.33. The minimum Gasteiger partial charge on any atom is -0.506 e. The second-order valence-corrected chi connectivity index (χ2v) is 7.73. The average molecular weight is 410 g/mol. The molecule has 2 aromatic carbocycles. The van der Waals surface area contributed by atoms with Crippen LogP contribution >= 0.6 is 11.8 Å². The highest BCUT2D eigenvalue weighted by Gasteiger charge is 2.20. The fourth-order valence-corrected chi connectivity index (χ4v) is 4.02. The molecule has 3 rings (SSSR count). The van der Waals surface area contributed by atoms with E-state index in [1.54, 1.807) is 31.2 Å². The molecule has 0 aliphatic heterocycles. The molecule has 3 aromatic rings. The minimum absolute atomic E-state index is 0.107. The van der Waals surface area contributed by atoms with Crippen LogP contribution in [-0.4, -0.2) is 17.7 Å². The summed E-state index contributed by atoms with van der Waals surface area (Å²) in [6.45, 7) is 6.08. The molecule has 29 heavy (non-hydrogen) atoms. The predicted molar refractivity (Wildman–Crippen MR) is 113 cm³/mol. The summed E-state index contributed by atoms with van der Waals surface area (Å²) >= 11 is 1.17. The molecule has 0 saturated heterocycles. The lowest BCUT2D eigenvalue weighted by Gasteiger charge is -2.13. The van der Waals surface area contributed by atoms with E-state index in [9.17, 15) is 14.7 Å². The van der Waals surface area contributed by atoms with Crippen molar-refractivity contribution in [1.82, 2.24) is 0 Å². The van der Waals surface area contributed by atoms with Crippen LogP contribution in [0.3, 0.4) is 0 Å². The number of carbonyl (C=O) groups excluding carboxylic acids is 1. The molecule has 5 nitrogen and oxygen atoms in total. The van der Waals surface area contributed by atoms with Gasteiger partial charge in [0, 0.05) is 16.5 Å². The molecule has 1 heterocycles. The number of hydrogen-bond donors (Lipinski definition) is 1. The van der Waals surface area contributed by atoms with Crippen molar-refractivity contribution in [1.29, 1.82) is 0 Å². The van der Waals surface area contributed by atoms with Crippen molar-refractivity contribution in [2.45, 2.75) is 36.5 Å². The minimum atomic E-state index is -0.665. The van der Waals surface area contributed by atoms with Crippen LogP contribution in [0.25, 0.3) is 11.3 Å². The Morgan fingerprint density at radius 2 is 1.83 bits per heavy atom. The second-order valence-electron chi connectivity index (χ2n) is 6.67. The first-order valence-electron chi connectivity index (χ1n) is 9.32. The first-order chi connectivity index (χ1) is 13.9. The molecule has 0 radical (unpaired) electrons. The number of carbonyl (C=O) groups is 1. The van der Waals surface area contributed by atoms with Crippen molar-refractivity contribution in [2.24, 2.45) is 0 Å². The van der Waals surface area contributed by atoms with Gasteiger partial charge in [-0.3, -0.25) is 0 Å². The van der Waals surface area contributed by atoms with Crippen LogP contribution in [0.15, 0.2) is 73.6 Å². The van der Waals surface area contributed by atoms with Gasteiger partial charge in [-0.25, -0.2) is 9.59 Å². The van der Waals surface area contributed by atoms with E-state index in [-0.39, 0.29) is 34.5 Å². The highest BCUT2D eigenvalue weighted by molar-refractivity contribution is 7.99. The van der Waals surface area contributed by atoms with Crippen LogP contribution in [0.4, 0.5) is 0 Å². The van der Waals surface area contributed by atoms with Gasteiger partial charge in [0.25, 0.3) is 0 Å². The molecule has 0 fully saturated rings. The fraction of sp³-hybridized carbons (Fsp3) is 0.217. The largest absolute Gasteiger partial charge is 0.506 e. The summed E-state index contributed by atoms with van der Waals surface area (Å²) in [7, 11) is 0. The highest BCUT2D eigenvalue weighted by atomic mass is 32.2. The summed E-state index contributed by atoms with van der Waals surface area (Å²) < 4.78 is 10.5. The molecule has 0 aliphatic rings. The summed E-state index contributed by atoms with van der Waals surface area (Å²) in [5, 5.41) is 10.6. The Kier molecular flexibility index (Phi) is 6.44. The molecular formula is C23H22O5S. The number of hydrogen-bond acceptors (Lipinski definition) is 6. The maximum atomic E-state index is 12.7. The molecule has 0 aliphatic carbocycles. The van der Waals surface area contributed by atoms with E-state index >= 15 is 0 Å². The third kappa shape index (κ3) is 4.54. The van der Waals surface area contributed by atoms with Crippen LogP contribution in [0, 0.1) is 0 Å². The number of rotatable bonds is 6. The van der Waals surface area contributed by atoms with Gasteiger partial charge in [-0.2, -0.15) is 0 Å². The summed E-state index contributed by atoms with van der Waals surface area (Å²) in [6, 6.07) is 15.7. The molecule has 0 spiro atoms.